The zero-order valence-corrected chi connectivity index (χ0v) is 18.5. The van der Waals surface area contributed by atoms with Gasteiger partial charge in [-0.2, -0.15) is 0 Å². The fraction of sp³-hybridized carbons (Fsp3) is 0.680. The molecule has 5 rings (SSSR count). The molecule has 1 aromatic carbocycles. The number of hydrogen-bond donors (Lipinski definition) is 1. The highest BCUT2D eigenvalue weighted by Crippen LogP contribution is 2.54. The summed E-state index contributed by atoms with van der Waals surface area (Å²) in [6, 6.07) is 11.2. The third kappa shape index (κ3) is 3.88. The van der Waals surface area contributed by atoms with Gasteiger partial charge in [-0.15, -0.1) is 0 Å². The molecule has 0 spiro atoms. The first-order chi connectivity index (χ1) is 13.9. The topological polar surface area (TPSA) is 44.7 Å². The van der Waals surface area contributed by atoms with Gasteiger partial charge in [-0.25, -0.2) is 0 Å². The Morgan fingerprint density at radius 1 is 1.21 bits per heavy atom. The van der Waals surface area contributed by atoms with Crippen molar-refractivity contribution in [1.29, 1.82) is 0 Å². The van der Waals surface area contributed by atoms with E-state index in [-0.39, 0.29) is 5.91 Å². The van der Waals surface area contributed by atoms with Gasteiger partial charge in [0.15, 0.2) is 0 Å². The van der Waals surface area contributed by atoms with E-state index in [1.807, 2.05) is 0 Å². The van der Waals surface area contributed by atoms with Gasteiger partial charge in [-0.3, -0.25) is 14.7 Å². The summed E-state index contributed by atoms with van der Waals surface area (Å²) < 4.78 is 0. The van der Waals surface area contributed by atoms with Gasteiger partial charge in [0.05, 0.1) is 0 Å². The predicted octanol–water partition coefficient (Wildman–Crippen LogP) is 4.15. The van der Waals surface area contributed by atoms with Gasteiger partial charge in [0.2, 0.25) is 5.91 Å². The van der Waals surface area contributed by atoms with Crippen molar-refractivity contribution in [1.82, 2.24) is 10.2 Å². The second-order valence-corrected chi connectivity index (χ2v) is 10.3. The summed E-state index contributed by atoms with van der Waals surface area (Å²) >= 11 is 0. The number of aliphatic imine (C=N–C) groups is 1. The van der Waals surface area contributed by atoms with Crippen LogP contribution in [0.5, 0.6) is 0 Å². The first-order valence-corrected chi connectivity index (χ1v) is 11.5. The van der Waals surface area contributed by atoms with Crippen LogP contribution in [0.2, 0.25) is 0 Å². The Bertz CT molecular complexity index is 744. The van der Waals surface area contributed by atoms with Crippen LogP contribution in [0.15, 0.2) is 35.3 Å². The number of carbonyl (C=O) groups excluding carboxylic acids is 1. The maximum Gasteiger partial charge on any atom is 0.248 e. The van der Waals surface area contributed by atoms with Gasteiger partial charge in [-0.05, 0) is 49.1 Å². The molecule has 1 saturated carbocycles. The first-order valence-electron chi connectivity index (χ1n) is 11.5. The normalized spacial score (nSPS) is 33.4. The summed E-state index contributed by atoms with van der Waals surface area (Å²) in [5, 5.41) is 3.25. The first kappa shape index (κ1) is 20.6. The molecule has 0 radical (unpaired) electrons. The van der Waals surface area contributed by atoms with Crippen molar-refractivity contribution >= 4 is 12.1 Å². The summed E-state index contributed by atoms with van der Waals surface area (Å²) in [6.07, 6.45) is 5.34. The van der Waals surface area contributed by atoms with Crippen LogP contribution in [-0.4, -0.2) is 41.7 Å². The average molecular weight is 396 g/mol. The van der Waals surface area contributed by atoms with Crippen LogP contribution >= 0.6 is 0 Å². The second kappa shape index (κ2) is 8.22. The molecule has 3 heterocycles. The number of likely N-dealkylation sites (tertiary alicyclic amines) is 1. The van der Waals surface area contributed by atoms with Gasteiger partial charge in [0.25, 0.3) is 0 Å². The lowest BCUT2D eigenvalue weighted by molar-refractivity contribution is -0.139. The van der Waals surface area contributed by atoms with Gasteiger partial charge < -0.3 is 5.32 Å². The Balaban J connectivity index is 1.65. The van der Waals surface area contributed by atoms with E-state index < -0.39 is 5.54 Å². The van der Waals surface area contributed by atoms with Crippen molar-refractivity contribution in [3.8, 4) is 0 Å². The molecular formula is C25H37N3O. The van der Waals surface area contributed by atoms with Gasteiger partial charge in [0, 0.05) is 37.2 Å². The number of amides is 1. The summed E-state index contributed by atoms with van der Waals surface area (Å²) in [6.45, 7) is 11.7. The number of carbonyl (C=O) groups is 1. The Kier molecular flexibility index (Phi) is 5.83. The van der Waals surface area contributed by atoms with E-state index >= 15 is 0 Å². The number of nitrogens with zero attached hydrogens (tertiary/aromatic N) is 2. The monoisotopic (exact) mass is 395 g/mol. The lowest BCUT2D eigenvalue weighted by Gasteiger charge is -2.60. The molecule has 0 aromatic heterocycles. The number of benzene rings is 1. The molecule has 5 unspecified atom stereocenters. The Labute approximate surface area is 176 Å². The van der Waals surface area contributed by atoms with E-state index in [0.29, 0.717) is 35.6 Å². The highest BCUT2D eigenvalue weighted by molar-refractivity contribution is 5.91. The third-order valence-corrected chi connectivity index (χ3v) is 7.24. The number of rotatable bonds is 7. The molecule has 4 bridgehead atoms. The molecule has 2 fully saturated rings. The lowest BCUT2D eigenvalue weighted by atomic mass is 9.54. The summed E-state index contributed by atoms with van der Waals surface area (Å²) in [4.78, 5) is 21.2. The Morgan fingerprint density at radius 2 is 1.97 bits per heavy atom. The van der Waals surface area contributed by atoms with Crippen LogP contribution < -0.4 is 5.32 Å². The van der Waals surface area contributed by atoms with Crippen molar-refractivity contribution in [2.24, 2.45) is 34.6 Å². The van der Waals surface area contributed by atoms with Crippen molar-refractivity contribution in [3.05, 3.63) is 35.9 Å². The van der Waals surface area contributed by atoms with Crippen molar-refractivity contribution in [2.45, 2.75) is 65.1 Å². The summed E-state index contributed by atoms with van der Waals surface area (Å²) in [5.74, 6) is 2.57. The van der Waals surface area contributed by atoms with E-state index in [1.54, 1.807) is 0 Å². The number of hydrogen-bond acceptors (Lipinski definition) is 3. The minimum atomic E-state index is -0.571. The molecule has 4 nitrogen and oxygen atoms in total. The van der Waals surface area contributed by atoms with Crippen LogP contribution in [0.3, 0.4) is 0 Å². The van der Waals surface area contributed by atoms with E-state index in [0.717, 1.165) is 32.5 Å². The number of nitrogens with one attached hydrogen (secondary N) is 1. The molecule has 1 aliphatic carbocycles. The molecule has 4 heteroatoms. The van der Waals surface area contributed by atoms with E-state index in [2.05, 4.69) is 74.5 Å². The Hall–Kier alpha value is -1.68. The van der Waals surface area contributed by atoms with E-state index in [4.69, 9.17) is 4.99 Å². The standard InChI is InChI=1S/C25H37N3O/c1-17(2)12-22-23-21-15-27-25(22,24(29)26-14-18(3)4)13-20(21)10-11-28(23)16-19-8-6-5-7-9-19/h5-9,15,17-18,20-23H,10-14,16H2,1-4H3,(H,26,29). The fourth-order valence-electron chi connectivity index (χ4n) is 5.98. The van der Waals surface area contributed by atoms with E-state index in [1.165, 1.54) is 12.0 Å². The molecular weight excluding hydrogens is 358 g/mol. The molecule has 1 amide bonds. The molecule has 5 atom stereocenters. The predicted molar refractivity (Wildman–Crippen MR) is 119 cm³/mol. The maximum atomic E-state index is 13.5. The highest BCUT2D eigenvalue weighted by Gasteiger charge is 2.61. The fourth-order valence-corrected chi connectivity index (χ4v) is 5.98. The van der Waals surface area contributed by atoms with Crippen LogP contribution in [-0.2, 0) is 11.3 Å². The minimum Gasteiger partial charge on any atom is -0.354 e. The van der Waals surface area contributed by atoms with Crippen molar-refractivity contribution in [3.63, 3.8) is 0 Å². The lowest BCUT2D eigenvalue weighted by Crippen LogP contribution is -2.70. The molecule has 1 aromatic rings. The molecule has 3 aliphatic heterocycles. The van der Waals surface area contributed by atoms with E-state index in [9.17, 15) is 4.79 Å². The highest BCUT2D eigenvalue weighted by atomic mass is 16.2. The summed E-state index contributed by atoms with van der Waals surface area (Å²) in [5.41, 5.74) is 0.796. The zero-order chi connectivity index (χ0) is 20.6. The van der Waals surface area contributed by atoms with Crippen molar-refractivity contribution in [2.75, 3.05) is 13.1 Å². The van der Waals surface area contributed by atoms with Crippen LogP contribution in [0.25, 0.3) is 0 Å². The smallest absolute Gasteiger partial charge is 0.248 e. The molecule has 1 N–H and O–H groups in total. The maximum absolute atomic E-state index is 13.5. The molecule has 1 saturated heterocycles. The molecule has 158 valence electrons. The van der Waals surface area contributed by atoms with Gasteiger partial charge in [0.1, 0.15) is 5.54 Å². The SMILES string of the molecule is CC(C)CNC(=O)C12CC3CCN(Cc4ccccc4)C(C3C=N1)C2CC(C)C. The van der Waals surface area contributed by atoms with Gasteiger partial charge >= 0.3 is 0 Å². The molecule has 29 heavy (non-hydrogen) atoms. The quantitative estimate of drug-likeness (QED) is 0.754. The largest absolute Gasteiger partial charge is 0.354 e. The second-order valence-electron chi connectivity index (χ2n) is 10.3. The van der Waals surface area contributed by atoms with Crippen LogP contribution in [0, 0.1) is 29.6 Å². The van der Waals surface area contributed by atoms with Crippen molar-refractivity contribution < 1.29 is 4.79 Å². The minimum absolute atomic E-state index is 0.169. The number of piperidine rings is 1. The third-order valence-electron chi connectivity index (χ3n) is 7.24. The summed E-state index contributed by atoms with van der Waals surface area (Å²) in [7, 11) is 0. The van der Waals surface area contributed by atoms with Gasteiger partial charge in [-0.1, -0.05) is 58.0 Å². The zero-order valence-electron chi connectivity index (χ0n) is 18.5. The van der Waals surface area contributed by atoms with Crippen LogP contribution in [0.1, 0.15) is 52.5 Å². The van der Waals surface area contributed by atoms with Crippen LogP contribution in [0.4, 0.5) is 0 Å². The molecule has 4 aliphatic rings. The average Bonchev–Trinajstić information content (AvgIpc) is 2.70. The Morgan fingerprint density at radius 3 is 2.66 bits per heavy atom.